The van der Waals surface area contributed by atoms with Gasteiger partial charge in [0, 0.05) is 11.8 Å². The van der Waals surface area contributed by atoms with E-state index in [1.165, 1.54) is 6.21 Å². The number of carbonyl (C=O) groups is 1. The molecule has 2 aromatic carbocycles. The third kappa shape index (κ3) is 5.84. The van der Waals surface area contributed by atoms with Crippen LogP contribution in [0.4, 0.5) is 0 Å². The second-order valence-electron chi connectivity index (χ2n) is 4.84. The molecule has 0 fully saturated rings. The van der Waals surface area contributed by atoms with Gasteiger partial charge >= 0.3 is 0 Å². The molecule has 25 heavy (non-hydrogen) atoms. The summed E-state index contributed by atoms with van der Waals surface area (Å²) in [5, 5.41) is 12.5. The number of ether oxygens (including phenoxy) is 2. The minimum atomic E-state index is -0.383. The lowest BCUT2D eigenvalue weighted by atomic mass is 10.2. The predicted molar refractivity (Wildman–Crippen MR) is 95.3 cm³/mol. The largest absolute Gasteiger partial charge is 0.496 e. The number of rotatable bonds is 7. The first-order valence-corrected chi connectivity index (χ1v) is 7.47. The molecule has 0 aromatic heterocycles. The van der Waals surface area contributed by atoms with Gasteiger partial charge in [0.15, 0.2) is 6.61 Å². The van der Waals surface area contributed by atoms with Gasteiger partial charge in [-0.05, 0) is 42.5 Å². The molecule has 126 valence electrons. The fourth-order valence-electron chi connectivity index (χ4n) is 1.91. The first-order chi connectivity index (χ1) is 12.2. The predicted octanol–water partition coefficient (Wildman–Crippen LogP) is 2.76. The third-order valence-electron chi connectivity index (χ3n) is 3.12. The summed E-state index contributed by atoms with van der Waals surface area (Å²) in [6, 6.07) is 16.1. The van der Waals surface area contributed by atoms with Crippen molar-refractivity contribution < 1.29 is 14.3 Å². The van der Waals surface area contributed by atoms with E-state index in [1.807, 2.05) is 36.4 Å². The number of nitriles is 1. The van der Waals surface area contributed by atoms with Gasteiger partial charge in [0.1, 0.15) is 11.5 Å². The molecule has 0 aliphatic carbocycles. The Morgan fingerprint density at radius 2 is 2.00 bits per heavy atom. The lowest BCUT2D eigenvalue weighted by molar-refractivity contribution is -0.123. The lowest BCUT2D eigenvalue weighted by Gasteiger charge is -2.04. The molecule has 0 aliphatic rings. The number of nitrogens with zero attached hydrogens (tertiary/aromatic N) is 2. The normalized spacial score (nSPS) is 10.6. The zero-order valence-electron chi connectivity index (χ0n) is 13.7. The highest BCUT2D eigenvalue weighted by molar-refractivity contribution is 5.82. The molecule has 0 saturated heterocycles. The third-order valence-corrected chi connectivity index (χ3v) is 3.12. The van der Waals surface area contributed by atoms with E-state index < -0.39 is 0 Å². The van der Waals surface area contributed by atoms with E-state index in [9.17, 15) is 4.79 Å². The molecule has 0 unspecified atom stereocenters. The quantitative estimate of drug-likeness (QED) is 0.623. The molecule has 0 aliphatic heterocycles. The summed E-state index contributed by atoms with van der Waals surface area (Å²) >= 11 is 0. The molecule has 0 saturated carbocycles. The minimum Gasteiger partial charge on any atom is -0.496 e. The molecule has 0 spiro atoms. The van der Waals surface area contributed by atoms with Crippen LogP contribution in [-0.4, -0.2) is 25.8 Å². The van der Waals surface area contributed by atoms with Crippen molar-refractivity contribution in [1.82, 2.24) is 5.43 Å². The van der Waals surface area contributed by atoms with Gasteiger partial charge < -0.3 is 9.47 Å². The number of allylic oxidation sites excluding steroid dienone is 1. The number of para-hydroxylation sites is 1. The van der Waals surface area contributed by atoms with Crippen LogP contribution in [0.3, 0.4) is 0 Å². The maximum absolute atomic E-state index is 11.6. The van der Waals surface area contributed by atoms with E-state index in [-0.39, 0.29) is 12.5 Å². The van der Waals surface area contributed by atoms with Crippen molar-refractivity contribution in [3.05, 3.63) is 65.7 Å². The number of hydrazone groups is 1. The zero-order valence-corrected chi connectivity index (χ0v) is 13.7. The van der Waals surface area contributed by atoms with Gasteiger partial charge in [-0.25, -0.2) is 5.43 Å². The first kappa shape index (κ1) is 17.8. The number of carbonyl (C=O) groups excluding carboxylic acids is 1. The highest BCUT2D eigenvalue weighted by atomic mass is 16.5. The number of methoxy groups -OCH3 is 1. The van der Waals surface area contributed by atoms with E-state index >= 15 is 0 Å². The molecule has 0 heterocycles. The summed E-state index contributed by atoms with van der Waals surface area (Å²) in [6.07, 6.45) is 4.98. The Morgan fingerprint density at radius 3 is 2.72 bits per heavy atom. The number of nitrogens with one attached hydrogen (secondary N) is 1. The summed E-state index contributed by atoms with van der Waals surface area (Å²) in [5.74, 6) is 0.882. The van der Waals surface area contributed by atoms with Crippen molar-refractivity contribution >= 4 is 18.2 Å². The SMILES string of the molecule is COc1ccccc1C=CC=NNC(=O)COc1ccc(C#N)cc1. The number of benzene rings is 2. The number of hydrogen-bond donors (Lipinski definition) is 1. The van der Waals surface area contributed by atoms with Gasteiger partial charge in [-0.3, -0.25) is 4.79 Å². The van der Waals surface area contributed by atoms with E-state index in [0.717, 1.165) is 11.3 Å². The van der Waals surface area contributed by atoms with Crippen LogP contribution in [0.1, 0.15) is 11.1 Å². The minimum absolute atomic E-state index is 0.167. The van der Waals surface area contributed by atoms with Crippen molar-refractivity contribution in [2.75, 3.05) is 13.7 Å². The van der Waals surface area contributed by atoms with Gasteiger partial charge in [-0.15, -0.1) is 0 Å². The van der Waals surface area contributed by atoms with Crippen LogP contribution in [0, 0.1) is 11.3 Å². The van der Waals surface area contributed by atoms with Crippen LogP contribution in [-0.2, 0) is 4.79 Å². The van der Waals surface area contributed by atoms with Crippen molar-refractivity contribution in [1.29, 1.82) is 5.26 Å². The van der Waals surface area contributed by atoms with Crippen molar-refractivity contribution in [2.24, 2.45) is 5.10 Å². The summed E-state index contributed by atoms with van der Waals surface area (Å²) in [6.45, 7) is -0.167. The van der Waals surface area contributed by atoms with Gasteiger partial charge in [0.2, 0.25) is 0 Å². The van der Waals surface area contributed by atoms with Crippen molar-refractivity contribution in [3.8, 4) is 17.6 Å². The fourth-order valence-corrected chi connectivity index (χ4v) is 1.91. The highest BCUT2D eigenvalue weighted by Gasteiger charge is 2.01. The average Bonchev–Trinajstić information content (AvgIpc) is 2.66. The van der Waals surface area contributed by atoms with E-state index in [1.54, 1.807) is 37.5 Å². The second-order valence-corrected chi connectivity index (χ2v) is 4.84. The zero-order chi connectivity index (χ0) is 17.9. The van der Waals surface area contributed by atoms with E-state index in [0.29, 0.717) is 11.3 Å². The lowest BCUT2D eigenvalue weighted by Crippen LogP contribution is -2.24. The first-order valence-electron chi connectivity index (χ1n) is 7.47. The average molecular weight is 335 g/mol. The molecule has 6 nitrogen and oxygen atoms in total. The summed E-state index contributed by atoms with van der Waals surface area (Å²) in [4.78, 5) is 11.6. The monoisotopic (exact) mass is 335 g/mol. The van der Waals surface area contributed by atoms with Crippen LogP contribution < -0.4 is 14.9 Å². The summed E-state index contributed by atoms with van der Waals surface area (Å²) < 4.78 is 10.5. The maximum Gasteiger partial charge on any atom is 0.277 e. The summed E-state index contributed by atoms with van der Waals surface area (Å²) in [7, 11) is 1.61. The van der Waals surface area contributed by atoms with Crippen molar-refractivity contribution in [3.63, 3.8) is 0 Å². The molecule has 0 bridgehead atoms. The standard InChI is InChI=1S/C19H17N3O3/c1-24-18-7-3-2-5-16(18)6-4-12-21-22-19(23)14-25-17-10-8-15(13-20)9-11-17/h2-12H,14H2,1H3,(H,22,23). The summed E-state index contributed by atoms with van der Waals surface area (Å²) in [5.41, 5.74) is 3.80. The van der Waals surface area contributed by atoms with Gasteiger partial charge in [0.25, 0.3) is 5.91 Å². The Hall–Kier alpha value is -3.59. The molecule has 0 atom stereocenters. The van der Waals surface area contributed by atoms with Crippen molar-refractivity contribution in [2.45, 2.75) is 0 Å². The van der Waals surface area contributed by atoms with Crippen LogP contribution in [0.5, 0.6) is 11.5 Å². The van der Waals surface area contributed by atoms with Crippen LogP contribution in [0.25, 0.3) is 6.08 Å². The molecular formula is C19H17N3O3. The van der Waals surface area contributed by atoms with Crippen LogP contribution >= 0.6 is 0 Å². The topological polar surface area (TPSA) is 83.7 Å². The molecule has 1 N–H and O–H groups in total. The molecule has 2 aromatic rings. The Labute approximate surface area is 146 Å². The second kappa shape index (κ2) is 9.53. The molecule has 2 rings (SSSR count). The van der Waals surface area contributed by atoms with Gasteiger partial charge in [-0.1, -0.05) is 18.2 Å². The van der Waals surface area contributed by atoms with Crippen LogP contribution in [0.2, 0.25) is 0 Å². The molecular weight excluding hydrogens is 318 g/mol. The highest BCUT2D eigenvalue weighted by Crippen LogP contribution is 2.18. The Bertz CT molecular complexity index is 805. The molecule has 1 amide bonds. The smallest absolute Gasteiger partial charge is 0.277 e. The van der Waals surface area contributed by atoms with E-state index in [2.05, 4.69) is 10.5 Å². The molecule has 0 radical (unpaired) electrons. The van der Waals surface area contributed by atoms with E-state index in [4.69, 9.17) is 14.7 Å². The molecule has 6 heteroatoms. The Balaban J connectivity index is 1.76. The van der Waals surface area contributed by atoms with Gasteiger partial charge in [-0.2, -0.15) is 10.4 Å². The number of hydrogen-bond acceptors (Lipinski definition) is 5. The fraction of sp³-hybridized carbons (Fsp3) is 0.105. The van der Waals surface area contributed by atoms with Crippen LogP contribution in [0.15, 0.2) is 59.7 Å². The Kier molecular flexibility index (Phi) is 6.77. The number of amides is 1. The maximum atomic E-state index is 11.6. The van der Waals surface area contributed by atoms with Gasteiger partial charge in [0.05, 0.1) is 18.7 Å². The Morgan fingerprint density at radius 1 is 1.24 bits per heavy atom.